The predicted molar refractivity (Wildman–Crippen MR) is 109 cm³/mol. The van der Waals surface area contributed by atoms with Crippen molar-refractivity contribution in [2.45, 2.75) is 24.7 Å². The SMILES string of the molecule is O=C(OCC1COC(CBr)(CCc2ccc(Cl)cc2Cl)O1)c1ccccc1. The Morgan fingerprint density at radius 2 is 2.00 bits per heavy atom. The molecule has 0 N–H and O–H groups in total. The number of carbonyl (C=O) groups is 1. The maximum Gasteiger partial charge on any atom is 0.338 e. The number of benzene rings is 2. The average Bonchev–Trinajstić information content (AvgIpc) is 3.10. The van der Waals surface area contributed by atoms with Crippen LogP contribution in [0.15, 0.2) is 48.5 Å². The zero-order chi connectivity index (χ0) is 19.3. The molecule has 1 fully saturated rings. The summed E-state index contributed by atoms with van der Waals surface area (Å²) in [4.78, 5) is 12.1. The summed E-state index contributed by atoms with van der Waals surface area (Å²) >= 11 is 15.6. The van der Waals surface area contributed by atoms with Crippen LogP contribution in [0.25, 0.3) is 0 Å². The van der Waals surface area contributed by atoms with Gasteiger partial charge in [-0.05, 0) is 36.2 Å². The van der Waals surface area contributed by atoms with Crippen molar-refractivity contribution >= 4 is 45.1 Å². The molecule has 0 amide bonds. The molecule has 2 aromatic carbocycles. The molecule has 27 heavy (non-hydrogen) atoms. The molecular formula is C20H19BrCl2O4. The molecule has 1 aliphatic rings. The number of ether oxygens (including phenoxy) is 3. The van der Waals surface area contributed by atoms with Gasteiger partial charge in [0.2, 0.25) is 0 Å². The van der Waals surface area contributed by atoms with E-state index in [1.165, 1.54) is 0 Å². The van der Waals surface area contributed by atoms with Crippen LogP contribution < -0.4 is 0 Å². The number of aryl methyl sites for hydroxylation is 1. The Bertz CT molecular complexity index is 787. The third-order valence-electron chi connectivity index (χ3n) is 4.32. The summed E-state index contributed by atoms with van der Waals surface area (Å²) in [5.74, 6) is -1.14. The van der Waals surface area contributed by atoms with Crippen LogP contribution >= 0.6 is 39.1 Å². The summed E-state index contributed by atoms with van der Waals surface area (Å²) in [5.41, 5.74) is 1.49. The van der Waals surface area contributed by atoms with Crippen molar-refractivity contribution in [3.05, 3.63) is 69.7 Å². The highest BCUT2D eigenvalue weighted by atomic mass is 79.9. The van der Waals surface area contributed by atoms with Crippen molar-refractivity contribution in [2.24, 2.45) is 0 Å². The molecule has 2 unspecified atom stereocenters. The minimum absolute atomic E-state index is 0.143. The number of alkyl halides is 1. The lowest BCUT2D eigenvalue weighted by molar-refractivity contribution is -0.156. The van der Waals surface area contributed by atoms with Gasteiger partial charge < -0.3 is 14.2 Å². The van der Waals surface area contributed by atoms with Crippen LogP contribution in [0.4, 0.5) is 0 Å². The first kappa shape index (κ1) is 20.6. The van der Waals surface area contributed by atoms with Gasteiger partial charge in [-0.2, -0.15) is 0 Å². The third-order valence-corrected chi connectivity index (χ3v) is 5.76. The molecule has 3 rings (SSSR count). The van der Waals surface area contributed by atoms with Gasteiger partial charge in [-0.25, -0.2) is 4.79 Å². The quantitative estimate of drug-likeness (QED) is 0.404. The molecule has 0 saturated carbocycles. The third kappa shape index (κ3) is 5.46. The lowest BCUT2D eigenvalue weighted by Crippen LogP contribution is -2.34. The van der Waals surface area contributed by atoms with E-state index in [-0.39, 0.29) is 18.7 Å². The first-order chi connectivity index (χ1) is 13.0. The average molecular weight is 474 g/mol. The summed E-state index contributed by atoms with van der Waals surface area (Å²) in [7, 11) is 0. The summed E-state index contributed by atoms with van der Waals surface area (Å²) in [6.45, 7) is 0.506. The summed E-state index contributed by atoms with van der Waals surface area (Å²) in [6, 6.07) is 14.3. The lowest BCUT2D eigenvalue weighted by Gasteiger charge is -2.26. The van der Waals surface area contributed by atoms with E-state index in [0.717, 1.165) is 5.56 Å². The van der Waals surface area contributed by atoms with Crippen molar-refractivity contribution in [1.82, 2.24) is 0 Å². The molecule has 0 radical (unpaired) electrons. The van der Waals surface area contributed by atoms with Gasteiger partial charge in [0.1, 0.15) is 12.7 Å². The number of carbonyl (C=O) groups excluding carboxylic acids is 1. The van der Waals surface area contributed by atoms with Crippen LogP contribution in [0.3, 0.4) is 0 Å². The van der Waals surface area contributed by atoms with E-state index in [4.69, 9.17) is 37.4 Å². The van der Waals surface area contributed by atoms with Crippen LogP contribution in [0.2, 0.25) is 10.0 Å². The van der Waals surface area contributed by atoms with E-state index in [1.807, 2.05) is 18.2 Å². The van der Waals surface area contributed by atoms with Crippen LogP contribution in [0.5, 0.6) is 0 Å². The normalized spacial score (nSPS) is 22.0. The molecule has 1 saturated heterocycles. The van der Waals surface area contributed by atoms with Gasteiger partial charge in [0, 0.05) is 16.5 Å². The zero-order valence-electron chi connectivity index (χ0n) is 14.5. The Labute approximate surface area is 176 Å². The first-order valence-corrected chi connectivity index (χ1v) is 10.4. The van der Waals surface area contributed by atoms with Crippen LogP contribution in [0, 0.1) is 0 Å². The standard InChI is InChI=1S/C20H19BrCl2O4/c21-13-20(9-8-14-6-7-16(22)10-18(14)23)26-12-17(27-20)11-25-19(24)15-4-2-1-3-5-15/h1-7,10,17H,8-9,11-13H2. The second kappa shape index (κ2) is 9.39. The molecule has 2 atom stereocenters. The molecule has 0 aromatic heterocycles. The Morgan fingerprint density at radius 3 is 2.70 bits per heavy atom. The van der Waals surface area contributed by atoms with Crippen molar-refractivity contribution in [3.63, 3.8) is 0 Å². The molecular weight excluding hydrogens is 455 g/mol. The Kier molecular flexibility index (Phi) is 7.17. The molecule has 7 heteroatoms. The first-order valence-electron chi connectivity index (χ1n) is 8.55. The van der Waals surface area contributed by atoms with E-state index >= 15 is 0 Å². The van der Waals surface area contributed by atoms with Crippen molar-refractivity contribution < 1.29 is 19.0 Å². The van der Waals surface area contributed by atoms with Crippen LogP contribution in [-0.4, -0.2) is 36.4 Å². The summed E-state index contributed by atoms with van der Waals surface area (Å²) in [6.07, 6.45) is 0.983. The summed E-state index contributed by atoms with van der Waals surface area (Å²) < 4.78 is 17.3. The number of rotatable bonds is 7. The fourth-order valence-electron chi connectivity index (χ4n) is 2.84. The second-order valence-corrected chi connectivity index (χ2v) is 7.70. The topological polar surface area (TPSA) is 44.8 Å². The Morgan fingerprint density at radius 1 is 1.22 bits per heavy atom. The van der Waals surface area contributed by atoms with Gasteiger partial charge in [0.15, 0.2) is 5.79 Å². The predicted octanol–water partition coefficient (Wildman–Crippen LogP) is 5.29. The molecule has 1 heterocycles. The highest BCUT2D eigenvalue weighted by molar-refractivity contribution is 9.09. The lowest BCUT2D eigenvalue weighted by atomic mass is 10.1. The van der Waals surface area contributed by atoms with E-state index in [0.29, 0.717) is 40.4 Å². The number of halogens is 3. The van der Waals surface area contributed by atoms with Gasteiger partial charge in [0.05, 0.1) is 17.5 Å². The monoisotopic (exact) mass is 472 g/mol. The summed E-state index contributed by atoms with van der Waals surface area (Å²) in [5, 5.41) is 1.74. The number of esters is 1. The van der Waals surface area contributed by atoms with Gasteiger partial charge in [0.25, 0.3) is 0 Å². The molecule has 0 aliphatic carbocycles. The van der Waals surface area contributed by atoms with E-state index in [9.17, 15) is 4.79 Å². The molecule has 1 aliphatic heterocycles. The maximum atomic E-state index is 12.1. The molecule has 2 aromatic rings. The zero-order valence-corrected chi connectivity index (χ0v) is 17.6. The van der Waals surface area contributed by atoms with Crippen molar-refractivity contribution in [1.29, 1.82) is 0 Å². The van der Waals surface area contributed by atoms with Gasteiger partial charge in [-0.1, -0.05) is 63.4 Å². The van der Waals surface area contributed by atoms with E-state index in [2.05, 4.69) is 15.9 Å². The highest BCUT2D eigenvalue weighted by Crippen LogP contribution is 2.32. The van der Waals surface area contributed by atoms with Gasteiger partial charge in [-0.15, -0.1) is 0 Å². The minimum atomic E-state index is -0.771. The van der Waals surface area contributed by atoms with E-state index < -0.39 is 5.79 Å². The molecule has 0 spiro atoms. The fourth-order valence-corrected chi connectivity index (χ4v) is 3.92. The van der Waals surface area contributed by atoms with Crippen LogP contribution in [-0.2, 0) is 20.6 Å². The minimum Gasteiger partial charge on any atom is -0.459 e. The molecule has 0 bridgehead atoms. The van der Waals surface area contributed by atoms with Crippen molar-refractivity contribution in [3.8, 4) is 0 Å². The molecule has 4 nitrogen and oxygen atoms in total. The van der Waals surface area contributed by atoms with Crippen molar-refractivity contribution in [2.75, 3.05) is 18.5 Å². The largest absolute Gasteiger partial charge is 0.459 e. The van der Waals surface area contributed by atoms with Gasteiger partial charge in [-0.3, -0.25) is 0 Å². The number of hydrogen-bond acceptors (Lipinski definition) is 4. The number of hydrogen-bond donors (Lipinski definition) is 0. The maximum absolute atomic E-state index is 12.1. The van der Waals surface area contributed by atoms with E-state index in [1.54, 1.807) is 30.3 Å². The smallest absolute Gasteiger partial charge is 0.338 e. The highest BCUT2D eigenvalue weighted by Gasteiger charge is 2.41. The fraction of sp³-hybridized carbons (Fsp3) is 0.350. The Hall–Kier alpha value is -1.11. The van der Waals surface area contributed by atoms with Crippen LogP contribution in [0.1, 0.15) is 22.3 Å². The Balaban J connectivity index is 1.53. The van der Waals surface area contributed by atoms with Gasteiger partial charge >= 0.3 is 5.97 Å². The molecule has 144 valence electrons. The second-order valence-electron chi connectivity index (χ2n) is 6.30.